The first-order valence-corrected chi connectivity index (χ1v) is 4.30. The third-order valence-electron chi connectivity index (χ3n) is 1.39. The van der Waals surface area contributed by atoms with Crippen LogP contribution in [0.25, 0.3) is 0 Å². The smallest absolute Gasteiger partial charge is 0.128 e. The summed E-state index contributed by atoms with van der Waals surface area (Å²) in [5.74, 6) is -0.225. The van der Waals surface area contributed by atoms with Gasteiger partial charge in [0.25, 0.3) is 0 Å². The van der Waals surface area contributed by atoms with E-state index in [0.717, 1.165) is 0 Å². The molecular formula is C11H19F. The zero-order valence-corrected chi connectivity index (χ0v) is 8.58. The first-order valence-electron chi connectivity index (χ1n) is 4.30. The third-order valence-corrected chi connectivity index (χ3v) is 1.39. The lowest BCUT2D eigenvalue weighted by Gasteiger charge is -1.99. The summed E-state index contributed by atoms with van der Waals surface area (Å²) >= 11 is 0. The summed E-state index contributed by atoms with van der Waals surface area (Å²) < 4.78 is 12.9. The molecule has 0 spiro atoms. The summed E-state index contributed by atoms with van der Waals surface area (Å²) in [6.45, 7) is 14.6. The monoisotopic (exact) mass is 170 g/mol. The zero-order valence-electron chi connectivity index (χ0n) is 8.58. The van der Waals surface area contributed by atoms with E-state index in [9.17, 15) is 4.39 Å². The number of hydrogen-bond acceptors (Lipinski definition) is 0. The van der Waals surface area contributed by atoms with Crippen LogP contribution in [0.1, 0.15) is 34.1 Å². The summed E-state index contributed by atoms with van der Waals surface area (Å²) in [5.41, 5.74) is 1.10. The van der Waals surface area contributed by atoms with Crippen LogP contribution in [0.3, 0.4) is 0 Å². The molecule has 0 aromatic carbocycles. The average molecular weight is 170 g/mol. The summed E-state index contributed by atoms with van der Waals surface area (Å²) in [6, 6.07) is 0. The van der Waals surface area contributed by atoms with Gasteiger partial charge in [-0.25, -0.2) is 4.39 Å². The number of rotatable bonds is 3. The van der Waals surface area contributed by atoms with Crippen molar-refractivity contribution in [1.29, 1.82) is 0 Å². The fourth-order valence-electron chi connectivity index (χ4n) is 0.524. The van der Waals surface area contributed by atoms with E-state index < -0.39 is 0 Å². The molecule has 0 rings (SSSR count). The molecule has 1 heteroatoms. The van der Waals surface area contributed by atoms with E-state index in [1.807, 2.05) is 20.8 Å². The van der Waals surface area contributed by atoms with Crippen LogP contribution in [0.15, 0.2) is 36.2 Å². The molecule has 0 heterocycles. The summed E-state index contributed by atoms with van der Waals surface area (Å²) in [7, 11) is 0. The normalized spacial score (nSPS) is 10.8. The van der Waals surface area contributed by atoms with Gasteiger partial charge in [-0.1, -0.05) is 40.0 Å². The van der Waals surface area contributed by atoms with Crippen LogP contribution < -0.4 is 0 Å². The van der Waals surface area contributed by atoms with Crippen LogP contribution >= 0.6 is 0 Å². The predicted octanol–water partition coefficient (Wildman–Crippen LogP) is 4.41. The second kappa shape index (κ2) is 8.25. The molecule has 0 nitrogen and oxygen atoms in total. The molecule has 0 aliphatic carbocycles. The van der Waals surface area contributed by atoms with Crippen molar-refractivity contribution in [3.05, 3.63) is 36.2 Å². The van der Waals surface area contributed by atoms with Crippen molar-refractivity contribution >= 4 is 0 Å². The van der Waals surface area contributed by atoms with Gasteiger partial charge in [0, 0.05) is 0 Å². The van der Waals surface area contributed by atoms with Gasteiger partial charge in [0.15, 0.2) is 0 Å². The van der Waals surface area contributed by atoms with Gasteiger partial charge >= 0.3 is 0 Å². The molecule has 0 bridgehead atoms. The van der Waals surface area contributed by atoms with Gasteiger partial charge in [-0.3, -0.25) is 0 Å². The quantitative estimate of drug-likeness (QED) is 0.550. The van der Waals surface area contributed by atoms with E-state index in [-0.39, 0.29) is 5.83 Å². The summed E-state index contributed by atoms with van der Waals surface area (Å²) in [4.78, 5) is 0. The molecule has 0 N–H and O–H groups in total. The topological polar surface area (TPSA) is 0 Å². The molecule has 70 valence electrons. The van der Waals surface area contributed by atoms with Gasteiger partial charge < -0.3 is 0 Å². The molecule has 0 aromatic heterocycles. The second-order valence-corrected chi connectivity index (χ2v) is 2.16. The Bertz CT molecular complexity index is 175. The van der Waals surface area contributed by atoms with E-state index in [1.165, 1.54) is 6.08 Å². The first kappa shape index (κ1) is 13.7. The molecule has 0 aliphatic rings. The minimum absolute atomic E-state index is 0.225. The maximum absolute atomic E-state index is 12.9. The highest BCUT2D eigenvalue weighted by molar-refractivity contribution is 5.31. The minimum Gasteiger partial charge on any atom is -0.206 e. The molecule has 0 saturated heterocycles. The maximum atomic E-state index is 12.9. The standard InChI is InChI=1S/C9H13F.C2H6/c1-5-7(3)9(10)8(4)6-2;1-2/h5H,1,4,6H2,2-3H3;1-2H3/b9-7+;. The number of hydrogen-bond donors (Lipinski definition) is 0. The maximum Gasteiger partial charge on any atom is 0.128 e. The zero-order chi connectivity index (χ0) is 10.1. The van der Waals surface area contributed by atoms with E-state index in [4.69, 9.17) is 0 Å². The molecule has 0 atom stereocenters. The third kappa shape index (κ3) is 4.89. The van der Waals surface area contributed by atoms with Crippen molar-refractivity contribution in [2.24, 2.45) is 0 Å². The van der Waals surface area contributed by atoms with Crippen LogP contribution in [0, 0.1) is 0 Å². The SMILES string of the molecule is C=C/C(C)=C(/F)C(=C)CC.CC. The number of allylic oxidation sites excluding steroid dienone is 4. The fourth-order valence-corrected chi connectivity index (χ4v) is 0.524. The Hall–Kier alpha value is -0.850. The summed E-state index contributed by atoms with van der Waals surface area (Å²) in [6.07, 6.45) is 2.15. The first-order chi connectivity index (χ1) is 5.63. The van der Waals surface area contributed by atoms with Crippen molar-refractivity contribution in [3.8, 4) is 0 Å². The van der Waals surface area contributed by atoms with Crippen molar-refractivity contribution < 1.29 is 4.39 Å². The second-order valence-electron chi connectivity index (χ2n) is 2.16. The van der Waals surface area contributed by atoms with Gasteiger partial charge in [0.1, 0.15) is 5.83 Å². The molecule has 0 aromatic rings. The number of halogens is 1. The van der Waals surface area contributed by atoms with Gasteiger partial charge in [-0.2, -0.15) is 0 Å². The minimum atomic E-state index is -0.225. The van der Waals surface area contributed by atoms with Gasteiger partial charge in [-0.05, 0) is 24.5 Å². The Kier molecular flexibility index (Phi) is 9.43. The molecule has 0 amide bonds. The van der Waals surface area contributed by atoms with Crippen LogP contribution in [-0.4, -0.2) is 0 Å². The lowest BCUT2D eigenvalue weighted by Crippen LogP contribution is -1.82. The molecule has 0 saturated carbocycles. The Morgan fingerprint density at radius 1 is 1.42 bits per heavy atom. The Morgan fingerprint density at radius 2 is 1.83 bits per heavy atom. The van der Waals surface area contributed by atoms with Crippen molar-refractivity contribution in [3.63, 3.8) is 0 Å². The van der Waals surface area contributed by atoms with Gasteiger partial charge in [-0.15, -0.1) is 0 Å². The molecule has 0 unspecified atom stereocenters. The van der Waals surface area contributed by atoms with Crippen LogP contribution in [0.2, 0.25) is 0 Å². The average Bonchev–Trinajstić information content (AvgIpc) is 2.17. The van der Waals surface area contributed by atoms with Crippen LogP contribution in [0.5, 0.6) is 0 Å². The van der Waals surface area contributed by atoms with Crippen molar-refractivity contribution in [1.82, 2.24) is 0 Å². The Labute approximate surface area is 75.5 Å². The highest BCUT2D eigenvalue weighted by Crippen LogP contribution is 2.17. The lowest BCUT2D eigenvalue weighted by molar-refractivity contribution is 0.635. The highest BCUT2D eigenvalue weighted by Gasteiger charge is 2.00. The van der Waals surface area contributed by atoms with E-state index >= 15 is 0 Å². The Balaban J connectivity index is 0. The van der Waals surface area contributed by atoms with Crippen LogP contribution in [-0.2, 0) is 0 Å². The summed E-state index contributed by atoms with van der Waals surface area (Å²) in [5, 5.41) is 0. The van der Waals surface area contributed by atoms with Gasteiger partial charge in [0.05, 0.1) is 0 Å². The predicted molar refractivity (Wildman–Crippen MR) is 54.8 cm³/mol. The molecule has 0 radical (unpaired) electrons. The largest absolute Gasteiger partial charge is 0.206 e. The van der Waals surface area contributed by atoms with E-state index in [0.29, 0.717) is 17.6 Å². The molecule has 12 heavy (non-hydrogen) atoms. The molecule has 0 aliphatic heterocycles. The molecular weight excluding hydrogens is 151 g/mol. The fraction of sp³-hybridized carbons (Fsp3) is 0.455. The van der Waals surface area contributed by atoms with Crippen molar-refractivity contribution in [2.45, 2.75) is 34.1 Å². The van der Waals surface area contributed by atoms with Gasteiger partial charge in [0.2, 0.25) is 0 Å². The van der Waals surface area contributed by atoms with Crippen molar-refractivity contribution in [2.75, 3.05) is 0 Å². The Morgan fingerprint density at radius 3 is 2.08 bits per heavy atom. The highest BCUT2D eigenvalue weighted by atomic mass is 19.1. The molecule has 0 fully saturated rings. The van der Waals surface area contributed by atoms with Crippen LogP contribution in [0.4, 0.5) is 4.39 Å². The van der Waals surface area contributed by atoms with E-state index in [2.05, 4.69) is 13.2 Å². The van der Waals surface area contributed by atoms with E-state index in [1.54, 1.807) is 6.92 Å². The lowest BCUT2D eigenvalue weighted by atomic mass is 10.1.